The van der Waals surface area contributed by atoms with Gasteiger partial charge in [-0.1, -0.05) is 6.42 Å². The van der Waals surface area contributed by atoms with Gasteiger partial charge in [0.2, 0.25) is 5.91 Å². The van der Waals surface area contributed by atoms with E-state index in [-0.39, 0.29) is 23.8 Å². The summed E-state index contributed by atoms with van der Waals surface area (Å²) >= 11 is 0. The van der Waals surface area contributed by atoms with Crippen LogP contribution in [-0.4, -0.2) is 51.4 Å². The monoisotopic (exact) mass is 333 g/mol. The van der Waals surface area contributed by atoms with Crippen molar-refractivity contribution < 1.29 is 19.4 Å². The Morgan fingerprint density at radius 2 is 2.25 bits per heavy atom. The molecule has 1 N–H and O–H groups in total. The fraction of sp³-hybridized carbons (Fsp3) is 0.706. The van der Waals surface area contributed by atoms with Crippen LogP contribution in [0.4, 0.5) is 0 Å². The normalized spacial score (nSPS) is 35.4. The van der Waals surface area contributed by atoms with Crippen molar-refractivity contribution in [3.8, 4) is 0 Å². The predicted molar refractivity (Wildman–Crippen MR) is 84.0 cm³/mol. The summed E-state index contributed by atoms with van der Waals surface area (Å²) in [5.41, 5.74) is 0.176. The highest BCUT2D eigenvalue weighted by atomic mass is 16.5. The lowest BCUT2D eigenvalue weighted by Gasteiger charge is -2.26. The number of carbonyl (C=O) groups excluding carboxylic acids is 1. The smallest absolute Gasteiger partial charge is 0.311 e. The van der Waals surface area contributed by atoms with E-state index in [2.05, 4.69) is 5.10 Å². The van der Waals surface area contributed by atoms with E-state index in [1.807, 2.05) is 13.1 Å². The van der Waals surface area contributed by atoms with Crippen molar-refractivity contribution in [2.75, 3.05) is 19.7 Å². The maximum absolute atomic E-state index is 13.1. The molecule has 3 fully saturated rings. The Hall–Kier alpha value is -1.89. The van der Waals surface area contributed by atoms with Crippen molar-refractivity contribution in [2.24, 2.45) is 24.3 Å². The van der Waals surface area contributed by atoms with Crippen molar-refractivity contribution in [1.29, 1.82) is 0 Å². The molecule has 1 aromatic heterocycles. The van der Waals surface area contributed by atoms with Gasteiger partial charge in [-0.2, -0.15) is 5.10 Å². The van der Waals surface area contributed by atoms with Crippen molar-refractivity contribution in [3.63, 3.8) is 0 Å². The number of amides is 1. The van der Waals surface area contributed by atoms with Crippen LogP contribution in [-0.2, 0) is 21.4 Å². The number of aryl methyl sites for hydroxylation is 1. The van der Waals surface area contributed by atoms with Gasteiger partial charge in [0.25, 0.3) is 0 Å². The highest BCUT2D eigenvalue weighted by molar-refractivity contribution is 5.83. The lowest BCUT2D eigenvalue weighted by atomic mass is 9.81. The molecule has 3 heterocycles. The zero-order valence-electron chi connectivity index (χ0n) is 13.9. The van der Waals surface area contributed by atoms with Crippen LogP contribution < -0.4 is 0 Å². The molecule has 4 atom stereocenters. The number of fused-ring (bicyclic) bond motifs is 1. The summed E-state index contributed by atoms with van der Waals surface area (Å²) in [6.45, 7) is 1.47. The second-order valence-corrected chi connectivity index (χ2v) is 7.34. The topological polar surface area (TPSA) is 84.7 Å². The summed E-state index contributed by atoms with van der Waals surface area (Å²) in [6.07, 6.45) is 4.63. The van der Waals surface area contributed by atoms with Gasteiger partial charge >= 0.3 is 5.97 Å². The molecule has 3 aliphatic rings. The summed E-state index contributed by atoms with van der Waals surface area (Å²) in [7, 11) is 1.85. The standard InChI is InChI=1S/C17H23N3O4/c1-19-13(4-7-18-19)14-12(5-8-24-14)15(21)20-9-11-3-2-6-17(11,10-20)16(22)23/h4,7,11-12,14H,2-3,5-6,8-10H2,1H3,(H,22,23)/t11-,12+,14+,17+/m0/s1. The fourth-order valence-electron chi connectivity index (χ4n) is 4.84. The van der Waals surface area contributed by atoms with E-state index in [0.717, 1.165) is 18.5 Å². The second kappa shape index (κ2) is 5.58. The van der Waals surface area contributed by atoms with E-state index >= 15 is 0 Å². The molecule has 130 valence electrons. The quantitative estimate of drug-likeness (QED) is 0.899. The molecule has 7 heteroatoms. The van der Waals surface area contributed by atoms with Crippen molar-refractivity contribution in [3.05, 3.63) is 18.0 Å². The maximum atomic E-state index is 13.1. The summed E-state index contributed by atoms with van der Waals surface area (Å²) in [5.74, 6) is -0.860. The first kappa shape index (κ1) is 15.6. The average Bonchev–Trinajstić information content (AvgIpc) is 3.28. The molecular formula is C17H23N3O4. The van der Waals surface area contributed by atoms with Gasteiger partial charge in [0.15, 0.2) is 0 Å². The zero-order chi connectivity index (χ0) is 16.9. The van der Waals surface area contributed by atoms with Gasteiger partial charge in [-0.3, -0.25) is 14.3 Å². The number of rotatable bonds is 3. The molecule has 1 aliphatic carbocycles. The Morgan fingerprint density at radius 1 is 1.42 bits per heavy atom. The predicted octanol–water partition coefficient (Wildman–Crippen LogP) is 1.21. The number of hydrogen-bond donors (Lipinski definition) is 1. The third-order valence-electron chi connectivity index (χ3n) is 6.17. The van der Waals surface area contributed by atoms with Gasteiger partial charge in [0.05, 0.1) is 17.0 Å². The molecule has 1 saturated carbocycles. The highest BCUT2D eigenvalue weighted by Crippen LogP contribution is 2.50. The number of likely N-dealkylation sites (tertiary alicyclic amines) is 1. The lowest BCUT2D eigenvalue weighted by Crippen LogP contribution is -2.40. The molecule has 1 amide bonds. The molecule has 7 nitrogen and oxygen atoms in total. The van der Waals surface area contributed by atoms with Crippen LogP contribution in [0.5, 0.6) is 0 Å². The number of aliphatic carboxylic acids is 1. The van der Waals surface area contributed by atoms with Gasteiger partial charge in [-0.15, -0.1) is 0 Å². The Kier molecular flexibility index (Phi) is 3.63. The minimum absolute atomic E-state index is 0.0359. The van der Waals surface area contributed by atoms with Gasteiger partial charge in [0, 0.05) is 32.9 Å². The molecule has 24 heavy (non-hydrogen) atoms. The van der Waals surface area contributed by atoms with Crippen LogP contribution in [0.1, 0.15) is 37.5 Å². The van der Waals surface area contributed by atoms with Gasteiger partial charge < -0.3 is 14.7 Å². The van der Waals surface area contributed by atoms with Gasteiger partial charge in [-0.05, 0) is 31.2 Å². The summed E-state index contributed by atoms with van der Waals surface area (Å²) in [5, 5.41) is 13.9. The zero-order valence-corrected chi connectivity index (χ0v) is 13.9. The van der Waals surface area contributed by atoms with E-state index in [1.165, 1.54) is 0 Å². The molecule has 1 aromatic rings. The highest BCUT2D eigenvalue weighted by Gasteiger charge is 2.56. The van der Waals surface area contributed by atoms with Crippen molar-refractivity contribution in [1.82, 2.24) is 14.7 Å². The molecule has 4 rings (SSSR count). The molecule has 0 unspecified atom stereocenters. The molecule has 0 bridgehead atoms. The van der Waals surface area contributed by atoms with E-state index in [9.17, 15) is 14.7 Å². The molecule has 0 spiro atoms. The first-order valence-corrected chi connectivity index (χ1v) is 8.64. The van der Waals surface area contributed by atoms with Gasteiger partial charge in [0.1, 0.15) is 6.10 Å². The number of ether oxygens (including phenoxy) is 1. The third-order valence-corrected chi connectivity index (χ3v) is 6.17. The maximum Gasteiger partial charge on any atom is 0.311 e. The fourth-order valence-corrected chi connectivity index (χ4v) is 4.84. The molecular weight excluding hydrogens is 310 g/mol. The Bertz CT molecular complexity index is 673. The van der Waals surface area contributed by atoms with E-state index in [0.29, 0.717) is 32.5 Å². The number of carbonyl (C=O) groups is 2. The number of aromatic nitrogens is 2. The molecule has 0 aromatic carbocycles. The Morgan fingerprint density at radius 3 is 2.92 bits per heavy atom. The number of carboxylic acids is 1. The Labute approximate surface area is 140 Å². The lowest BCUT2D eigenvalue weighted by molar-refractivity contribution is -0.149. The number of hydrogen-bond acceptors (Lipinski definition) is 4. The third kappa shape index (κ3) is 2.17. The van der Waals surface area contributed by atoms with E-state index < -0.39 is 11.4 Å². The second-order valence-electron chi connectivity index (χ2n) is 7.34. The minimum Gasteiger partial charge on any atom is -0.481 e. The van der Waals surface area contributed by atoms with Gasteiger partial charge in [-0.25, -0.2) is 0 Å². The average molecular weight is 333 g/mol. The first-order valence-electron chi connectivity index (χ1n) is 8.64. The minimum atomic E-state index is -0.744. The van der Waals surface area contributed by atoms with E-state index in [4.69, 9.17) is 4.74 Å². The number of carboxylic acid groups (broad SMARTS) is 1. The van der Waals surface area contributed by atoms with Crippen LogP contribution >= 0.6 is 0 Å². The summed E-state index contributed by atoms with van der Waals surface area (Å²) in [6, 6.07) is 1.88. The van der Waals surface area contributed by atoms with Crippen LogP contribution in [0.3, 0.4) is 0 Å². The van der Waals surface area contributed by atoms with Crippen LogP contribution in [0.15, 0.2) is 12.3 Å². The van der Waals surface area contributed by atoms with E-state index in [1.54, 1.807) is 15.8 Å². The van der Waals surface area contributed by atoms with Crippen LogP contribution in [0, 0.1) is 17.3 Å². The van der Waals surface area contributed by atoms with Crippen LogP contribution in [0.2, 0.25) is 0 Å². The number of nitrogens with zero attached hydrogens (tertiary/aromatic N) is 3. The van der Waals surface area contributed by atoms with Crippen molar-refractivity contribution >= 4 is 11.9 Å². The first-order chi connectivity index (χ1) is 11.5. The Balaban J connectivity index is 1.54. The molecule has 2 aliphatic heterocycles. The van der Waals surface area contributed by atoms with Crippen molar-refractivity contribution in [2.45, 2.75) is 31.8 Å². The summed E-state index contributed by atoms with van der Waals surface area (Å²) < 4.78 is 7.56. The SMILES string of the molecule is Cn1nccc1[C@@H]1OCC[C@H]1C(=O)N1C[C@@H]2CCC[C@@]2(C(=O)O)C1. The molecule has 0 radical (unpaired) electrons. The van der Waals surface area contributed by atoms with Crippen LogP contribution in [0.25, 0.3) is 0 Å². The molecule has 2 saturated heterocycles. The largest absolute Gasteiger partial charge is 0.481 e. The summed E-state index contributed by atoms with van der Waals surface area (Å²) in [4.78, 5) is 26.7.